The van der Waals surface area contributed by atoms with Crippen molar-refractivity contribution in [2.24, 2.45) is 11.8 Å². The minimum atomic E-state index is -2.80. The second kappa shape index (κ2) is 6.72. The van der Waals surface area contributed by atoms with Crippen LogP contribution in [0.5, 0.6) is 5.75 Å². The molecule has 6 heteroatoms. The van der Waals surface area contributed by atoms with E-state index in [0.29, 0.717) is 5.92 Å². The predicted octanol–water partition coefficient (Wildman–Crippen LogP) is 3.03. The summed E-state index contributed by atoms with van der Waals surface area (Å²) in [6.07, 6.45) is 2.82. The molecule has 126 valence electrons. The Morgan fingerprint density at radius 2 is 1.87 bits per heavy atom. The Morgan fingerprint density at radius 1 is 1.26 bits per heavy atom. The average Bonchev–Trinajstić information content (AvgIpc) is 3.25. The number of nitrogens with zero attached hydrogens (tertiary/aromatic N) is 1. The average molecular weight is 324 g/mol. The molecule has 0 bridgehead atoms. The molecule has 1 amide bonds. The van der Waals surface area contributed by atoms with Gasteiger partial charge in [0.05, 0.1) is 0 Å². The van der Waals surface area contributed by atoms with Crippen molar-refractivity contribution in [1.82, 2.24) is 5.32 Å². The number of hydrogen-bond acceptors (Lipinski definition) is 3. The number of benzene rings is 1. The predicted molar refractivity (Wildman–Crippen MR) is 83.7 cm³/mol. The molecule has 1 aliphatic carbocycles. The van der Waals surface area contributed by atoms with Gasteiger partial charge in [0.25, 0.3) is 0 Å². The fraction of sp³-hybridized carbons (Fsp3) is 0.588. The molecule has 2 fully saturated rings. The summed E-state index contributed by atoms with van der Waals surface area (Å²) >= 11 is 0. The van der Waals surface area contributed by atoms with Gasteiger partial charge in [0.15, 0.2) is 0 Å². The van der Waals surface area contributed by atoms with Gasteiger partial charge >= 0.3 is 6.61 Å². The van der Waals surface area contributed by atoms with E-state index in [1.807, 2.05) is 0 Å². The third kappa shape index (κ3) is 4.12. The molecule has 1 saturated carbocycles. The van der Waals surface area contributed by atoms with Crippen molar-refractivity contribution in [1.29, 1.82) is 0 Å². The van der Waals surface area contributed by atoms with Gasteiger partial charge < -0.3 is 15.0 Å². The summed E-state index contributed by atoms with van der Waals surface area (Å²) in [5.74, 6) is 1.12. The quantitative estimate of drug-likeness (QED) is 0.905. The van der Waals surface area contributed by atoms with Crippen LogP contribution < -0.4 is 15.0 Å². The van der Waals surface area contributed by atoms with Crippen LogP contribution >= 0.6 is 0 Å². The van der Waals surface area contributed by atoms with Crippen molar-refractivity contribution >= 4 is 11.6 Å². The highest BCUT2D eigenvalue weighted by Crippen LogP contribution is 2.38. The highest BCUT2D eigenvalue weighted by Gasteiger charge is 2.39. The third-order valence-corrected chi connectivity index (χ3v) is 4.71. The number of nitrogens with one attached hydrogen (secondary N) is 1. The number of halogens is 2. The van der Waals surface area contributed by atoms with Crippen molar-refractivity contribution in [3.05, 3.63) is 24.3 Å². The second-order valence-electron chi connectivity index (χ2n) is 6.46. The molecule has 1 N–H and O–H groups in total. The Bertz CT molecular complexity index is 542. The van der Waals surface area contributed by atoms with E-state index in [1.54, 1.807) is 24.3 Å². The highest BCUT2D eigenvalue weighted by molar-refractivity contribution is 5.81. The van der Waals surface area contributed by atoms with E-state index in [2.05, 4.69) is 21.9 Å². The molecule has 1 aromatic carbocycles. The molecule has 0 unspecified atom stereocenters. The Balaban J connectivity index is 1.47. The summed E-state index contributed by atoms with van der Waals surface area (Å²) < 4.78 is 28.6. The SMILES string of the molecule is C[C@H]1C[C@@H]1C(=O)NC1CCN(c2ccc(OC(F)F)cc2)CC1. The highest BCUT2D eigenvalue weighted by atomic mass is 19.3. The first-order valence-corrected chi connectivity index (χ1v) is 8.13. The van der Waals surface area contributed by atoms with Crippen molar-refractivity contribution in [2.45, 2.75) is 38.8 Å². The van der Waals surface area contributed by atoms with E-state index in [-0.39, 0.29) is 23.6 Å². The number of hydrogen-bond donors (Lipinski definition) is 1. The zero-order valence-corrected chi connectivity index (χ0v) is 13.2. The molecule has 2 aliphatic rings. The van der Waals surface area contributed by atoms with Gasteiger partial charge in [-0.3, -0.25) is 4.79 Å². The Morgan fingerprint density at radius 3 is 2.39 bits per heavy atom. The zero-order valence-electron chi connectivity index (χ0n) is 13.2. The van der Waals surface area contributed by atoms with Crippen LogP contribution in [0, 0.1) is 11.8 Å². The lowest BCUT2D eigenvalue weighted by molar-refractivity contribution is -0.123. The monoisotopic (exact) mass is 324 g/mol. The maximum absolute atomic E-state index is 12.1. The van der Waals surface area contributed by atoms with Gasteiger partial charge in [0, 0.05) is 30.7 Å². The maximum Gasteiger partial charge on any atom is 0.387 e. The minimum absolute atomic E-state index is 0.171. The summed E-state index contributed by atoms with van der Waals surface area (Å²) in [7, 11) is 0. The van der Waals surface area contributed by atoms with Crippen molar-refractivity contribution in [3.8, 4) is 5.75 Å². The summed E-state index contributed by atoms with van der Waals surface area (Å²) in [5.41, 5.74) is 0.993. The molecule has 1 saturated heterocycles. The van der Waals surface area contributed by atoms with Crippen LogP contribution in [-0.2, 0) is 4.79 Å². The second-order valence-corrected chi connectivity index (χ2v) is 6.46. The molecule has 23 heavy (non-hydrogen) atoms. The van der Waals surface area contributed by atoms with Gasteiger partial charge in [-0.15, -0.1) is 0 Å². The first-order valence-electron chi connectivity index (χ1n) is 8.13. The van der Waals surface area contributed by atoms with Crippen LogP contribution in [0.2, 0.25) is 0 Å². The number of amides is 1. The van der Waals surface area contributed by atoms with Crippen molar-refractivity contribution in [3.63, 3.8) is 0 Å². The van der Waals surface area contributed by atoms with Gasteiger partial charge in [-0.25, -0.2) is 0 Å². The van der Waals surface area contributed by atoms with Crippen LogP contribution in [0.1, 0.15) is 26.2 Å². The Labute approximate surface area is 134 Å². The molecule has 1 aliphatic heterocycles. The van der Waals surface area contributed by atoms with Crippen LogP contribution in [0.25, 0.3) is 0 Å². The third-order valence-electron chi connectivity index (χ3n) is 4.71. The molecule has 2 atom stereocenters. The van der Waals surface area contributed by atoms with Gasteiger partial charge in [-0.2, -0.15) is 8.78 Å². The fourth-order valence-electron chi connectivity index (χ4n) is 3.12. The number of ether oxygens (including phenoxy) is 1. The zero-order chi connectivity index (χ0) is 16.4. The fourth-order valence-corrected chi connectivity index (χ4v) is 3.12. The summed E-state index contributed by atoms with van der Waals surface area (Å²) in [6, 6.07) is 6.95. The van der Waals surface area contributed by atoms with Crippen LogP contribution in [0.4, 0.5) is 14.5 Å². The van der Waals surface area contributed by atoms with Gasteiger partial charge in [0.1, 0.15) is 5.75 Å². The van der Waals surface area contributed by atoms with E-state index in [0.717, 1.165) is 38.0 Å². The van der Waals surface area contributed by atoms with E-state index in [1.165, 1.54) is 0 Å². The molecule has 1 heterocycles. The number of carbonyl (C=O) groups excluding carboxylic acids is 1. The van der Waals surface area contributed by atoms with Crippen molar-refractivity contribution < 1.29 is 18.3 Å². The molecule has 0 radical (unpaired) electrons. The summed E-state index contributed by atoms with van der Waals surface area (Å²) in [5, 5.41) is 3.14. The van der Waals surface area contributed by atoms with E-state index < -0.39 is 6.61 Å². The summed E-state index contributed by atoms with van der Waals surface area (Å²) in [6.45, 7) is 1.00. The van der Waals surface area contributed by atoms with Gasteiger partial charge in [-0.05, 0) is 49.4 Å². The van der Waals surface area contributed by atoms with Crippen LogP contribution in [0.15, 0.2) is 24.3 Å². The van der Waals surface area contributed by atoms with Crippen molar-refractivity contribution in [2.75, 3.05) is 18.0 Å². The molecule has 3 rings (SSSR count). The minimum Gasteiger partial charge on any atom is -0.435 e. The Kier molecular flexibility index (Phi) is 4.68. The van der Waals surface area contributed by atoms with Gasteiger partial charge in [-0.1, -0.05) is 6.92 Å². The number of alkyl halides is 2. The molecular weight excluding hydrogens is 302 g/mol. The molecule has 4 nitrogen and oxygen atoms in total. The Hall–Kier alpha value is -1.85. The largest absolute Gasteiger partial charge is 0.435 e. The van der Waals surface area contributed by atoms with E-state index >= 15 is 0 Å². The summed E-state index contributed by atoms with van der Waals surface area (Å²) in [4.78, 5) is 14.2. The maximum atomic E-state index is 12.1. The number of anilines is 1. The number of rotatable bonds is 5. The van der Waals surface area contributed by atoms with E-state index in [4.69, 9.17) is 0 Å². The normalized spacial score (nSPS) is 24.6. The number of carbonyl (C=O) groups is 1. The van der Waals surface area contributed by atoms with Crippen LogP contribution in [0.3, 0.4) is 0 Å². The van der Waals surface area contributed by atoms with Gasteiger partial charge in [0.2, 0.25) is 5.91 Å². The lowest BCUT2D eigenvalue weighted by Gasteiger charge is -2.34. The molecule has 0 spiro atoms. The molecule has 0 aromatic heterocycles. The smallest absolute Gasteiger partial charge is 0.387 e. The molecule has 1 aromatic rings. The molecular formula is C17H22F2N2O2. The first-order chi connectivity index (χ1) is 11.0. The topological polar surface area (TPSA) is 41.6 Å². The number of piperidine rings is 1. The van der Waals surface area contributed by atoms with Crippen LogP contribution in [-0.4, -0.2) is 31.7 Å². The standard InChI is InChI=1S/C17H22F2N2O2/c1-11-10-15(11)16(22)20-12-6-8-21(9-7-12)13-2-4-14(5-3-13)23-17(18)19/h2-5,11-12,15,17H,6-10H2,1H3,(H,20,22)/t11-,15-/m0/s1. The van der Waals surface area contributed by atoms with E-state index in [9.17, 15) is 13.6 Å². The first kappa shape index (κ1) is 16.0. The lowest BCUT2D eigenvalue weighted by atomic mass is 10.0. The lowest BCUT2D eigenvalue weighted by Crippen LogP contribution is -2.45.